The van der Waals surface area contributed by atoms with Gasteiger partial charge in [0.2, 0.25) is 5.91 Å². The van der Waals surface area contributed by atoms with Crippen LogP contribution in [0.5, 0.6) is 0 Å². The minimum Gasteiger partial charge on any atom is -0.394 e. The predicted octanol–water partition coefficient (Wildman–Crippen LogP) is 2.46. The van der Waals surface area contributed by atoms with Crippen molar-refractivity contribution in [3.8, 4) is 11.8 Å². The van der Waals surface area contributed by atoms with Gasteiger partial charge in [0, 0.05) is 30.5 Å². The van der Waals surface area contributed by atoms with Gasteiger partial charge in [0.15, 0.2) is 0 Å². The second kappa shape index (κ2) is 9.09. The third-order valence-corrected chi connectivity index (χ3v) is 6.63. The molecule has 0 aromatic heterocycles. The van der Waals surface area contributed by atoms with E-state index in [9.17, 15) is 14.7 Å². The van der Waals surface area contributed by atoms with E-state index < -0.39 is 0 Å². The Bertz CT molecular complexity index is 835. The van der Waals surface area contributed by atoms with Crippen molar-refractivity contribution < 1.29 is 14.7 Å². The van der Waals surface area contributed by atoms with Gasteiger partial charge in [-0.1, -0.05) is 43.7 Å². The van der Waals surface area contributed by atoms with Crippen LogP contribution in [-0.2, 0) is 4.79 Å². The molecule has 4 rings (SSSR count). The van der Waals surface area contributed by atoms with E-state index in [4.69, 9.17) is 0 Å². The van der Waals surface area contributed by atoms with Crippen molar-refractivity contribution in [1.29, 1.82) is 0 Å². The van der Waals surface area contributed by atoms with Crippen LogP contribution in [-0.4, -0.2) is 64.7 Å². The van der Waals surface area contributed by atoms with Gasteiger partial charge >= 0.3 is 6.03 Å². The number of hydrogen-bond acceptors (Lipinski definition) is 3. The van der Waals surface area contributed by atoms with Crippen LogP contribution in [0.3, 0.4) is 0 Å². The van der Waals surface area contributed by atoms with Crippen molar-refractivity contribution in [2.45, 2.75) is 69.5 Å². The van der Waals surface area contributed by atoms with Crippen LogP contribution in [0.4, 0.5) is 4.79 Å². The molecule has 1 aromatic rings. The van der Waals surface area contributed by atoms with Gasteiger partial charge in [-0.25, -0.2) is 4.79 Å². The number of carbonyl (C=O) groups excluding carboxylic acids is 2. The van der Waals surface area contributed by atoms with Gasteiger partial charge in [0.1, 0.15) is 6.54 Å². The molecule has 2 heterocycles. The summed E-state index contributed by atoms with van der Waals surface area (Å²) in [7, 11) is 0. The highest BCUT2D eigenvalue weighted by Gasteiger charge is 2.54. The first-order chi connectivity index (χ1) is 14.6. The van der Waals surface area contributed by atoms with E-state index in [2.05, 4.69) is 24.1 Å². The van der Waals surface area contributed by atoms with Gasteiger partial charge in [-0.3, -0.25) is 4.79 Å². The zero-order valence-electron chi connectivity index (χ0n) is 17.6. The maximum Gasteiger partial charge on any atom is 0.318 e. The summed E-state index contributed by atoms with van der Waals surface area (Å²) in [6.07, 6.45) is 6.27. The summed E-state index contributed by atoms with van der Waals surface area (Å²) in [6, 6.07) is 7.88. The van der Waals surface area contributed by atoms with Crippen LogP contribution in [0.2, 0.25) is 0 Å². The highest BCUT2D eigenvalue weighted by Crippen LogP contribution is 2.42. The lowest BCUT2D eigenvalue weighted by molar-refractivity contribution is -0.159. The number of amides is 3. The smallest absolute Gasteiger partial charge is 0.318 e. The van der Waals surface area contributed by atoms with E-state index in [-0.39, 0.29) is 49.1 Å². The first kappa shape index (κ1) is 20.7. The lowest BCUT2D eigenvalue weighted by Gasteiger charge is -2.58. The third-order valence-electron chi connectivity index (χ3n) is 6.63. The molecule has 6 heteroatoms. The third kappa shape index (κ3) is 4.04. The first-order valence-electron chi connectivity index (χ1n) is 11.2. The Morgan fingerprint density at radius 1 is 1.23 bits per heavy atom. The molecule has 3 amide bonds. The monoisotopic (exact) mass is 409 g/mol. The van der Waals surface area contributed by atoms with Crippen molar-refractivity contribution in [2.75, 3.05) is 19.7 Å². The molecule has 0 bridgehead atoms. The van der Waals surface area contributed by atoms with Gasteiger partial charge in [-0.05, 0) is 37.0 Å². The molecule has 0 spiro atoms. The quantitative estimate of drug-likeness (QED) is 0.751. The Labute approximate surface area is 178 Å². The molecule has 2 aliphatic heterocycles. The summed E-state index contributed by atoms with van der Waals surface area (Å²) in [6.45, 7) is 2.63. The molecule has 2 saturated heterocycles. The Morgan fingerprint density at radius 2 is 1.97 bits per heavy atom. The number of piperazine rings is 1. The molecule has 30 heavy (non-hydrogen) atoms. The SMILES string of the molecule is CCCC#Cc1ccc([C@@H]2[C@@H](CO)N3C(=O)CN(C(=O)NC4CCCC4)C[C@@H]23)cc1. The van der Waals surface area contributed by atoms with Crippen LogP contribution >= 0.6 is 0 Å². The van der Waals surface area contributed by atoms with Crippen LogP contribution in [0.1, 0.15) is 62.5 Å². The molecule has 6 nitrogen and oxygen atoms in total. The molecule has 2 N–H and O–H groups in total. The number of benzene rings is 1. The standard InChI is InChI=1S/C24H31N3O3/c1-2-3-4-7-17-10-12-18(13-11-17)23-20-14-26(15-22(29)27(20)21(23)16-28)24(30)25-19-8-5-6-9-19/h10-13,19-21,23,28H,2-3,5-6,8-9,14-16H2,1H3,(H,25,30)/t20-,21+,23-/m0/s1. The number of aliphatic hydroxyl groups excluding tert-OH is 1. The molecule has 3 atom stereocenters. The lowest BCUT2D eigenvalue weighted by atomic mass is 9.73. The number of rotatable bonds is 4. The summed E-state index contributed by atoms with van der Waals surface area (Å²) in [4.78, 5) is 28.9. The summed E-state index contributed by atoms with van der Waals surface area (Å²) >= 11 is 0. The number of nitrogens with one attached hydrogen (secondary N) is 1. The molecular formula is C24H31N3O3. The second-order valence-corrected chi connectivity index (χ2v) is 8.63. The molecule has 1 saturated carbocycles. The molecule has 3 fully saturated rings. The maximum absolute atomic E-state index is 12.7. The average molecular weight is 410 g/mol. The lowest BCUT2D eigenvalue weighted by Crippen LogP contribution is -2.74. The molecular weight excluding hydrogens is 378 g/mol. The Kier molecular flexibility index (Phi) is 6.29. The van der Waals surface area contributed by atoms with Crippen LogP contribution in [0.15, 0.2) is 24.3 Å². The molecule has 0 radical (unpaired) electrons. The molecule has 3 aliphatic rings. The summed E-state index contributed by atoms with van der Waals surface area (Å²) in [5.74, 6) is 6.27. The maximum atomic E-state index is 12.7. The number of hydrogen-bond donors (Lipinski definition) is 2. The molecule has 160 valence electrons. The Balaban J connectivity index is 1.46. The van der Waals surface area contributed by atoms with Gasteiger partial charge < -0.3 is 20.2 Å². The minimum absolute atomic E-state index is 0.0266. The summed E-state index contributed by atoms with van der Waals surface area (Å²) in [5, 5.41) is 13.0. The van der Waals surface area contributed by atoms with E-state index in [1.165, 1.54) is 0 Å². The predicted molar refractivity (Wildman–Crippen MR) is 115 cm³/mol. The highest BCUT2D eigenvalue weighted by atomic mass is 16.3. The van der Waals surface area contributed by atoms with Crippen molar-refractivity contribution in [3.05, 3.63) is 35.4 Å². The fourth-order valence-electron chi connectivity index (χ4n) is 5.07. The molecule has 0 unspecified atom stereocenters. The minimum atomic E-state index is -0.223. The van der Waals surface area contributed by atoms with E-state index in [1.54, 1.807) is 9.80 Å². The number of carbonyl (C=O) groups is 2. The Hall–Kier alpha value is -2.52. The topological polar surface area (TPSA) is 72.9 Å². The summed E-state index contributed by atoms with van der Waals surface area (Å²) < 4.78 is 0. The first-order valence-corrected chi connectivity index (χ1v) is 11.2. The highest BCUT2D eigenvalue weighted by molar-refractivity contribution is 5.87. The average Bonchev–Trinajstić information content (AvgIpc) is 3.24. The van der Waals surface area contributed by atoms with E-state index in [0.29, 0.717) is 6.54 Å². The van der Waals surface area contributed by atoms with Crippen LogP contribution in [0.25, 0.3) is 0 Å². The van der Waals surface area contributed by atoms with E-state index in [1.807, 2.05) is 24.3 Å². The zero-order valence-corrected chi connectivity index (χ0v) is 17.6. The van der Waals surface area contributed by atoms with Crippen LogP contribution < -0.4 is 5.32 Å². The van der Waals surface area contributed by atoms with Crippen molar-refractivity contribution in [2.24, 2.45) is 0 Å². The van der Waals surface area contributed by atoms with E-state index >= 15 is 0 Å². The number of unbranched alkanes of at least 4 members (excludes halogenated alkanes) is 1. The number of nitrogens with zero attached hydrogens (tertiary/aromatic N) is 2. The number of aliphatic hydroxyl groups is 1. The van der Waals surface area contributed by atoms with Crippen molar-refractivity contribution in [3.63, 3.8) is 0 Å². The fraction of sp³-hybridized carbons (Fsp3) is 0.583. The van der Waals surface area contributed by atoms with Gasteiger partial charge in [0.25, 0.3) is 0 Å². The van der Waals surface area contributed by atoms with Gasteiger partial charge in [-0.2, -0.15) is 0 Å². The summed E-state index contributed by atoms with van der Waals surface area (Å²) in [5.41, 5.74) is 2.06. The molecule has 1 aliphatic carbocycles. The van der Waals surface area contributed by atoms with E-state index in [0.717, 1.165) is 49.7 Å². The van der Waals surface area contributed by atoms with Crippen LogP contribution in [0, 0.1) is 11.8 Å². The van der Waals surface area contributed by atoms with Crippen molar-refractivity contribution >= 4 is 11.9 Å². The zero-order chi connectivity index (χ0) is 21.1. The largest absolute Gasteiger partial charge is 0.394 e. The fourth-order valence-corrected chi connectivity index (χ4v) is 5.07. The van der Waals surface area contributed by atoms with Gasteiger partial charge in [-0.15, -0.1) is 0 Å². The number of urea groups is 1. The Morgan fingerprint density at radius 3 is 2.63 bits per heavy atom. The second-order valence-electron chi connectivity index (χ2n) is 8.63. The molecule has 1 aromatic carbocycles. The number of fused-ring (bicyclic) bond motifs is 1. The normalized spacial score (nSPS) is 25.9. The van der Waals surface area contributed by atoms with Crippen molar-refractivity contribution in [1.82, 2.24) is 15.1 Å². The van der Waals surface area contributed by atoms with Gasteiger partial charge in [0.05, 0.1) is 18.7 Å².